The molecular formula is H6F6In. The van der Waals surface area contributed by atoms with Gasteiger partial charge in [0.2, 0.25) is 0 Å². The topological polar surface area (TPSA) is 0 Å². The van der Waals surface area contributed by atoms with E-state index in [9.17, 15) is 0 Å². The van der Waals surface area contributed by atoms with Gasteiger partial charge in [-0.1, -0.05) is 0 Å². The summed E-state index contributed by atoms with van der Waals surface area (Å²) < 4.78 is 0. The first kappa shape index (κ1) is 1530. The second-order valence-electron chi connectivity index (χ2n) is 0. The van der Waals surface area contributed by atoms with E-state index in [1.807, 2.05) is 0 Å². The molecule has 0 N–H and O–H groups in total. The maximum atomic E-state index is 0. The zero-order chi connectivity index (χ0) is 0. The normalized spacial score (nSPS) is 0. The van der Waals surface area contributed by atoms with Crippen molar-refractivity contribution in [2.45, 2.75) is 0 Å². The van der Waals surface area contributed by atoms with Gasteiger partial charge in [0.15, 0.2) is 0 Å². The predicted molar refractivity (Wildman–Crippen MR) is 20.8 cm³/mol. The third-order valence-corrected chi connectivity index (χ3v) is 0. The van der Waals surface area contributed by atoms with Crippen molar-refractivity contribution in [3.8, 4) is 0 Å². The van der Waals surface area contributed by atoms with Crippen LogP contribution in [0.1, 0.15) is 0 Å². The van der Waals surface area contributed by atoms with Gasteiger partial charge < -0.3 is 0 Å². The summed E-state index contributed by atoms with van der Waals surface area (Å²) in [4.78, 5) is 0. The van der Waals surface area contributed by atoms with Gasteiger partial charge in [0.05, 0.1) is 0 Å². The van der Waals surface area contributed by atoms with E-state index in [-0.39, 0.29) is 54.1 Å². The molecule has 0 aliphatic rings. The summed E-state index contributed by atoms with van der Waals surface area (Å²) in [5.41, 5.74) is 0. The first-order valence-electron chi connectivity index (χ1n) is 0. The third kappa shape index (κ3) is 630. The van der Waals surface area contributed by atoms with Gasteiger partial charge in [-0.2, -0.15) is 0 Å². The molecule has 0 amide bonds. The van der Waals surface area contributed by atoms with E-state index in [0.29, 0.717) is 0 Å². The second kappa shape index (κ2) is 946. The number of rotatable bonds is 0. The Morgan fingerprint density at radius 3 is 0.286 bits per heavy atom. The Kier molecular flexibility index (Phi) is 207000. The van der Waals surface area contributed by atoms with Crippen molar-refractivity contribution in [1.29, 1.82) is 0 Å². The van der Waals surface area contributed by atoms with Crippen LogP contribution in [-0.2, 0) is 0 Å². The molecule has 0 atom stereocenters. The zero-order valence-electron chi connectivity index (χ0n) is 3.03. The smallest absolute Gasteiger partial charge is 0 e. The fraction of sp³-hybridized carbons (Fsp3) is 0. The Hall–Kier alpha value is 0.450. The van der Waals surface area contributed by atoms with Crippen molar-refractivity contribution in [3.63, 3.8) is 0 Å². The van der Waals surface area contributed by atoms with E-state index in [2.05, 4.69) is 0 Å². The van der Waals surface area contributed by atoms with E-state index < -0.39 is 0 Å². The molecule has 3 radical (unpaired) electrons. The van der Waals surface area contributed by atoms with Gasteiger partial charge in [0, 0.05) is 25.8 Å². The van der Waals surface area contributed by atoms with Crippen LogP contribution in [0.25, 0.3) is 0 Å². The molecule has 0 fully saturated rings. The van der Waals surface area contributed by atoms with Gasteiger partial charge in [0.1, 0.15) is 0 Å². The van der Waals surface area contributed by atoms with Crippen molar-refractivity contribution in [1.82, 2.24) is 0 Å². The Labute approximate surface area is 54.6 Å². The van der Waals surface area contributed by atoms with Gasteiger partial charge in [-0.3, -0.25) is 28.2 Å². The second-order valence-corrected chi connectivity index (χ2v) is 0. The van der Waals surface area contributed by atoms with Crippen LogP contribution < -0.4 is 0 Å². The minimum absolute atomic E-state index is 0. The molecule has 0 aliphatic heterocycles. The molecule has 0 spiro atoms. The minimum atomic E-state index is 0. The molecule has 0 unspecified atom stereocenters. The molecule has 51 valence electrons. The van der Waals surface area contributed by atoms with Crippen LogP contribution in [-0.4, -0.2) is 25.8 Å². The summed E-state index contributed by atoms with van der Waals surface area (Å²) in [6.45, 7) is 0. The van der Waals surface area contributed by atoms with Crippen LogP contribution in [0.15, 0.2) is 0 Å². The zero-order valence-corrected chi connectivity index (χ0v) is 6.32. The van der Waals surface area contributed by atoms with Crippen molar-refractivity contribution in [2.24, 2.45) is 0 Å². The summed E-state index contributed by atoms with van der Waals surface area (Å²) in [6, 6.07) is 0. The Morgan fingerprint density at radius 1 is 0.286 bits per heavy atom. The Bertz CT molecular complexity index is 4.14. The molecule has 0 nitrogen and oxygen atoms in total. The van der Waals surface area contributed by atoms with Crippen LogP contribution in [0.2, 0.25) is 0 Å². The fourth-order valence-corrected chi connectivity index (χ4v) is 0. The monoisotopic (exact) mass is 235 g/mol. The maximum absolute atomic E-state index is 0. The number of hydrogen-bond acceptors (Lipinski definition) is 0. The van der Waals surface area contributed by atoms with Crippen LogP contribution >= 0.6 is 0 Å². The van der Waals surface area contributed by atoms with E-state index in [4.69, 9.17) is 0 Å². The Balaban J connectivity index is 0. The molecule has 7 heavy (non-hydrogen) atoms. The molecule has 7 heteroatoms. The van der Waals surface area contributed by atoms with Gasteiger partial charge >= 0.3 is 0 Å². The van der Waals surface area contributed by atoms with Gasteiger partial charge in [-0.05, 0) is 0 Å². The number of halogens is 6. The molecule has 0 rings (SSSR count). The minimum Gasteiger partial charge on any atom is -0.269 e. The SMILES string of the molecule is F.F.F.F.F.F.[In]. The first-order valence-corrected chi connectivity index (χ1v) is 0. The summed E-state index contributed by atoms with van der Waals surface area (Å²) >= 11 is 0. The van der Waals surface area contributed by atoms with E-state index in [1.54, 1.807) is 0 Å². The summed E-state index contributed by atoms with van der Waals surface area (Å²) in [7, 11) is 0. The predicted octanol–water partition coefficient (Wildman–Crippen LogP) is 0.534. The third-order valence-electron chi connectivity index (χ3n) is 0. The molecule has 0 aromatic rings. The molecule has 0 aliphatic carbocycles. The molecule has 0 aromatic heterocycles. The van der Waals surface area contributed by atoms with Crippen LogP contribution in [0, 0.1) is 0 Å². The summed E-state index contributed by atoms with van der Waals surface area (Å²) in [6.07, 6.45) is 0. The molecule has 0 heterocycles. The Morgan fingerprint density at radius 2 is 0.286 bits per heavy atom. The van der Waals surface area contributed by atoms with Crippen LogP contribution in [0.3, 0.4) is 0 Å². The average Bonchev–Trinajstić information content (AvgIpc) is 0. The summed E-state index contributed by atoms with van der Waals surface area (Å²) in [5, 5.41) is 0. The van der Waals surface area contributed by atoms with Crippen molar-refractivity contribution in [2.75, 3.05) is 0 Å². The van der Waals surface area contributed by atoms with Crippen LogP contribution in [0.5, 0.6) is 0 Å². The molecule has 0 aromatic carbocycles. The molecule has 0 saturated carbocycles. The van der Waals surface area contributed by atoms with Gasteiger partial charge in [-0.25, -0.2) is 0 Å². The van der Waals surface area contributed by atoms with E-state index >= 15 is 0 Å². The first-order chi connectivity index (χ1) is 0. The van der Waals surface area contributed by atoms with Gasteiger partial charge in [0.25, 0.3) is 0 Å². The average molecular weight is 235 g/mol. The van der Waals surface area contributed by atoms with Crippen molar-refractivity contribution < 1.29 is 28.2 Å². The van der Waals surface area contributed by atoms with E-state index in [0.717, 1.165) is 0 Å². The molecule has 0 bridgehead atoms. The number of hydrogen-bond donors (Lipinski definition) is 0. The maximum Gasteiger partial charge on any atom is 0 e. The standard InChI is InChI=1S/6FH.In/h6*1H;. The van der Waals surface area contributed by atoms with Crippen molar-refractivity contribution in [3.05, 3.63) is 0 Å². The fourth-order valence-electron chi connectivity index (χ4n) is 0. The quantitative estimate of drug-likeness (QED) is 0.537. The van der Waals surface area contributed by atoms with Crippen LogP contribution in [0.4, 0.5) is 28.2 Å². The van der Waals surface area contributed by atoms with Gasteiger partial charge in [-0.15, -0.1) is 0 Å². The molecule has 0 saturated heterocycles. The van der Waals surface area contributed by atoms with Crippen molar-refractivity contribution >= 4 is 25.8 Å². The summed E-state index contributed by atoms with van der Waals surface area (Å²) in [5.74, 6) is 0. The largest absolute Gasteiger partial charge is 0.269 e. The molecular weight excluding hydrogens is 229 g/mol. The van der Waals surface area contributed by atoms with E-state index in [1.165, 1.54) is 0 Å².